The Morgan fingerprint density at radius 2 is 2.10 bits per heavy atom. The summed E-state index contributed by atoms with van der Waals surface area (Å²) in [4.78, 5) is 4.45. The fourth-order valence-corrected chi connectivity index (χ4v) is 2.56. The molecule has 0 bridgehead atoms. The summed E-state index contributed by atoms with van der Waals surface area (Å²) in [5.74, 6) is 1.63. The minimum atomic E-state index is 0.710. The van der Waals surface area contributed by atoms with Crippen LogP contribution in [-0.4, -0.2) is 30.7 Å². The lowest BCUT2D eigenvalue weighted by Crippen LogP contribution is -2.00. The van der Waals surface area contributed by atoms with E-state index >= 15 is 0 Å². The molecule has 1 aromatic carbocycles. The summed E-state index contributed by atoms with van der Waals surface area (Å²) in [5.41, 5.74) is 0.973. The van der Waals surface area contributed by atoms with E-state index in [1.807, 2.05) is 41.2 Å². The van der Waals surface area contributed by atoms with Gasteiger partial charge < -0.3 is 0 Å². The van der Waals surface area contributed by atoms with Gasteiger partial charge in [-0.05, 0) is 30.3 Å². The van der Waals surface area contributed by atoms with E-state index in [1.165, 1.54) is 0 Å². The highest BCUT2D eigenvalue weighted by atomic mass is 35.5. The summed E-state index contributed by atoms with van der Waals surface area (Å²) in [5, 5.41) is 12.7. The topological polar surface area (TPSA) is 59.4 Å². The minimum absolute atomic E-state index is 0.710. The van der Waals surface area contributed by atoms with Crippen molar-refractivity contribution in [1.82, 2.24) is 25.0 Å². The van der Waals surface area contributed by atoms with Gasteiger partial charge in [-0.3, -0.25) is 9.78 Å². The van der Waals surface area contributed by atoms with Gasteiger partial charge in [-0.1, -0.05) is 23.4 Å². The molecule has 0 spiro atoms. The van der Waals surface area contributed by atoms with Crippen LogP contribution >= 0.6 is 23.4 Å². The Labute approximate surface area is 125 Å². The average Bonchev–Trinajstić information content (AvgIpc) is 3.11. The normalized spacial score (nSPS) is 10.8. The van der Waals surface area contributed by atoms with Crippen LogP contribution in [0.4, 0.5) is 0 Å². The van der Waals surface area contributed by atoms with Crippen LogP contribution < -0.4 is 0 Å². The first-order chi connectivity index (χ1) is 9.81. The Morgan fingerprint density at radius 3 is 2.85 bits per heavy atom. The van der Waals surface area contributed by atoms with Crippen molar-refractivity contribution in [2.24, 2.45) is 0 Å². The Kier molecular flexibility index (Phi) is 4.03. The van der Waals surface area contributed by atoms with E-state index in [4.69, 9.17) is 11.6 Å². The fourth-order valence-electron chi connectivity index (χ4n) is 1.71. The monoisotopic (exact) mass is 305 g/mol. The molecule has 0 atom stereocenters. The van der Waals surface area contributed by atoms with Gasteiger partial charge in [0.15, 0.2) is 5.82 Å². The molecule has 1 N–H and O–H groups in total. The molecule has 2 aromatic heterocycles. The predicted octanol–water partition coefficient (Wildman–Crippen LogP) is 3.11. The lowest BCUT2D eigenvalue weighted by molar-refractivity contribution is 0.666. The molecule has 0 aliphatic carbocycles. The first-order valence-corrected chi connectivity index (χ1v) is 7.46. The lowest BCUT2D eigenvalue weighted by Gasteiger charge is -1.98. The highest BCUT2D eigenvalue weighted by molar-refractivity contribution is 7.99. The maximum absolute atomic E-state index is 5.86. The van der Waals surface area contributed by atoms with E-state index in [0.29, 0.717) is 5.02 Å². The Hall–Kier alpha value is -1.79. The molecule has 0 saturated heterocycles. The van der Waals surface area contributed by atoms with Gasteiger partial charge in [-0.2, -0.15) is 5.10 Å². The third kappa shape index (κ3) is 3.20. The molecule has 102 valence electrons. The first-order valence-electron chi connectivity index (χ1n) is 6.10. The number of rotatable bonds is 5. The standard InChI is InChI=1S/C13H12ClN5S/c14-11-4-2-10(3-5-11)12-16-13(18-17-12)20-9-8-19-7-1-6-15-19/h1-7H,8-9H2,(H,16,17,18). The molecule has 0 saturated carbocycles. The van der Waals surface area contributed by atoms with Gasteiger partial charge in [-0.15, -0.1) is 5.10 Å². The van der Waals surface area contributed by atoms with Crippen molar-refractivity contribution in [3.8, 4) is 11.4 Å². The minimum Gasteiger partial charge on any atom is -0.272 e. The van der Waals surface area contributed by atoms with Crippen molar-refractivity contribution >= 4 is 23.4 Å². The second-order valence-corrected chi connectivity index (χ2v) is 5.59. The Balaban J connectivity index is 1.60. The van der Waals surface area contributed by atoms with E-state index < -0.39 is 0 Å². The number of hydrogen-bond donors (Lipinski definition) is 1. The van der Waals surface area contributed by atoms with Crippen molar-refractivity contribution in [1.29, 1.82) is 0 Å². The number of H-pyrrole nitrogens is 1. The molecule has 5 nitrogen and oxygen atoms in total. The summed E-state index contributed by atoms with van der Waals surface area (Å²) < 4.78 is 1.89. The SMILES string of the molecule is Clc1ccc(-c2nc(SCCn3cccn3)n[nH]2)cc1. The van der Waals surface area contributed by atoms with E-state index in [9.17, 15) is 0 Å². The first kappa shape index (κ1) is 13.2. The van der Waals surface area contributed by atoms with Crippen LogP contribution in [0.2, 0.25) is 5.02 Å². The van der Waals surface area contributed by atoms with Crippen LogP contribution in [0.15, 0.2) is 47.9 Å². The third-order valence-electron chi connectivity index (χ3n) is 2.69. The van der Waals surface area contributed by atoms with Gasteiger partial charge in [0.25, 0.3) is 0 Å². The molecule has 3 aromatic rings. The molecule has 0 amide bonds. The maximum Gasteiger partial charge on any atom is 0.208 e. The molecule has 20 heavy (non-hydrogen) atoms. The van der Waals surface area contributed by atoms with Crippen LogP contribution in [0, 0.1) is 0 Å². The zero-order valence-electron chi connectivity index (χ0n) is 10.5. The summed E-state index contributed by atoms with van der Waals surface area (Å²) in [6, 6.07) is 9.42. The molecule has 3 rings (SSSR count). The van der Waals surface area contributed by atoms with E-state index in [0.717, 1.165) is 28.8 Å². The fraction of sp³-hybridized carbons (Fsp3) is 0.154. The molecule has 2 heterocycles. The number of nitrogens with one attached hydrogen (secondary N) is 1. The number of hydrogen-bond acceptors (Lipinski definition) is 4. The summed E-state index contributed by atoms with van der Waals surface area (Å²) in [7, 11) is 0. The molecule has 7 heteroatoms. The highest BCUT2D eigenvalue weighted by Gasteiger charge is 2.06. The molecular weight excluding hydrogens is 294 g/mol. The summed E-state index contributed by atoms with van der Waals surface area (Å²) in [6.45, 7) is 0.836. The largest absolute Gasteiger partial charge is 0.272 e. The smallest absolute Gasteiger partial charge is 0.208 e. The van der Waals surface area contributed by atoms with Crippen LogP contribution in [0.25, 0.3) is 11.4 Å². The van der Waals surface area contributed by atoms with Gasteiger partial charge in [0.1, 0.15) is 0 Å². The number of thioether (sulfide) groups is 1. The number of nitrogens with zero attached hydrogens (tertiary/aromatic N) is 4. The zero-order chi connectivity index (χ0) is 13.8. The van der Waals surface area contributed by atoms with Crippen LogP contribution in [0.3, 0.4) is 0 Å². The highest BCUT2D eigenvalue weighted by Crippen LogP contribution is 2.20. The number of benzene rings is 1. The van der Waals surface area contributed by atoms with Gasteiger partial charge in [-0.25, -0.2) is 4.98 Å². The van der Waals surface area contributed by atoms with Crippen molar-refractivity contribution in [3.63, 3.8) is 0 Å². The Bertz CT molecular complexity index is 662. The average molecular weight is 306 g/mol. The van der Waals surface area contributed by atoms with E-state index in [1.54, 1.807) is 18.0 Å². The van der Waals surface area contributed by atoms with E-state index in [-0.39, 0.29) is 0 Å². The van der Waals surface area contributed by atoms with Crippen LogP contribution in [0.5, 0.6) is 0 Å². The van der Waals surface area contributed by atoms with Crippen LogP contribution in [-0.2, 0) is 6.54 Å². The molecule has 0 aliphatic heterocycles. The van der Waals surface area contributed by atoms with Crippen molar-refractivity contribution in [3.05, 3.63) is 47.7 Å². The second kappa shape index (κ2) is 6.11. The quantitative estimate of drug-likeness (QED) is 0.736. The second-order valence-electron chi connectivity index (χ2n) is 4.09. The van der Waals surface area contributed by atoms with Gasteiger partial charge >= 0.3 is 0 Å². The molecule has 0 radical (unpaired) electrons. The Morgan fingerprint density at radius 1 is 1.25 bits per heavy atom. The molecular formula is C13H12ClN5S. The third-order valence-corrected chi connectivity index (χ3v) is 3.77. The molecule has 0 unspecified atom stereocenters. The molecule has 0 fully saturated rings. The number of aromatic amines is 1. The number of aryl methyl sites for hydroxylation is 1. The van der Waals surface area contributed by atoms with Crippen molar-refractivity contribution < 1.29 is 0 Å². The summed E-state index contributed by atoms with van der Waals surface area (Å²) >= 11 is 7.46. The van der Waals surface area contributed by atoms with Gasteiger partial charge in [0.05, 0.1) is 6.54 Å². The zero-order valence-corrected chi connectivity index (χ0v) is 12.1. The number of halogens is 1. The van der Waals surface area contributed by atoms with Gasteiger partial charge in [0, 0.05) is 28.7 Å². The summed E-state index contributed by atoms with van der Waals surface area (Å²) in [6.07, 6.45) is 3.72. The van der Waals surface area contributed by atoms with Crippen molar-refractivity contribution in [2.75, 3.05) is 5.75 Å². The lowest BCUT2D eigenvalue weighted by atomic mass is 10.2. The predicted molar refractivity (Wildman–Crippen MR) is 79.8 cm³/mol. The van der Waals surface area contributed by atoms with Crippen LogP contribution in [0.1, 0.15) is 0 Å². The van der Waals surface area contributed by atoms with Crippen molar-refractivity contribution in [2.45, 2.75) is 11.7 Å². The maximum atomic E-state index is 5.86. The number of aromatic nitrogens is 5. The molecule has 0 aliphatic rings. The van der Waals surface area contributed by atoms with E-state index in [2.05, 4.69) is 20.3 Å². The van der Waals surface area contributed by atoms with Gasteiger partial charge in [0.2, 0.25) is 5.16 Å².